The van der Waals surface area contributed by atoms with Crippen molar-refractivity contribution in [2.45, 2.75) is 26.0 Å². The Morgan fingerprint density at radius 1 is 1.36 bits per heavy atom. The standard InChI is InChI=1S/C11H18N2O/c1-2-11(8-12)13-14-9-10-6-4-3-5-7-10/h3-7,11,13H,2,8-9,12H2,1H3/t11-/m1/s1. The first kappa shape index (κ1) is 11.2. The molecule has 0 spiro atoms. The highest BCUT2D eigenvalue weighted by molar-refractivity contribution is 5.13. The first-order valence-electron chi connectivity index (χ1n) is 4.98. The molecule has 0 aliphatic carbocycles. The number of hydroxylamine groups is 1. The monoisotopic (exact) mass is 194 g/mol. The minimum Gasteiger partial charge on any atom is -0.329 e. The lowest BCUT2D eigenvalue weighted by molar-refractivity contribution is 0.00470. The molecule has 3 N–H and O–H groups in total. The van der Waals surface area contributed by atoms with E-state index in [2.05, 4.69) is 12.4 Å². The fourth-order valence-corrected chi connectivity index (χ4v) is 1.12. The Labute approximate surface area is 85.2 Å². The summed E-state index contributed by atoms with van der Waals surface area (Å²) in [6.45, 7) is 3.26. The van der Waals surface area contributed by atoms with E-state index in [-0.39, 0.29) is 6.04 Å². The summed E-state index contributed by atoms with van der Waals surface area (Å²) in [5.74, 6) is 0. The molecule has 3 nitrogen and oxygen atoms in total. The van der Waals surface area contributed by atoms with Crippen molar-refractivity contribution in [1.82, 2.24) is 5.48 Å². The average Bonchev–Trinajstić information content (AvgIpc) is 2.26. The minimum absolute atomic E-state index is 0.249. The number of hydrogen-bond acceptors (Lipinski definition) is 3. The Bertz CT molecular complexity index is 234. The van der Waals surface area contributed by atoms with E-state index in [4.69, 9.17) is 10.6 Å². The fraction of sp³-hybridized carbons (Fsp3) is 0.455. The molecule has 0 unspecified atom stereocenters. The van der Waals surface area contributed by atoms with Gasteiger partial charge in [-0.15, -0.1) is 0 Å². The predicted octanol–water partition coefficient (Wildman–Crippen LogP) is 1.45. The molecule has 3 heteroatoms. The molecule has 0 aliphatic heterocycles. The topological polar surface area (TPSA) is 47.3 Å². The molecule has 0 radical (unpaired) electrons. The molecule has 0 heterocycles. The molecular formula is C11H18N2O. The molecule has 1 atom stereocenters. The van der Waals surface area contributed by atoms with Crippen LogP contribution in [0.1, 0.15) is 18.9 Å². The van der Waals surface area contributed by atoms with Crippen molar-refractivity contribution in [2.24, 2.45) is 5.73 Å². The van der Waals surface area contributed by atoms with Gasteiger partial charge in [-0.3, -0.25) is 4.84 Å². The maximum Gasteiger partial charge on any atom is 0.0933 e. The molecule has 0 bridgehead atoms. The van der Waals surface area contributed by atoms with Crippen molar-refractivity contribution < 1.29 is 4.84 Å². The Morgan fingerprint density at radius 3 is 2.64 bits per heavy atom. The number of nitrogens with one attached hydrogen (secondary N) is 1. The van der Waals surface area contributed by atoms with Gasteiger partial charge in [0.1, 0.15) is 0 Å². The van der Waals surface area contributed by atoms with Gasteiger partial charge in [-0.05, 0) is 12.0 Å². The Morgan fingerprint density at radius 2 is 2.07 bits per heavy atom. The zero-order valence-corrected chi connectivity index (χ0v) is 8.57. The van der Waals surface area contributed by atoms with Crippen LogP contribution in [0.15, 0.2) is 30.3 Å². The highest BCUT2D eigenvalue weighted by Crippen LogP contribution is 1.99. The zero-order chi connectivity index (χ0) is 10.2. The summed E-state index contributed by atoms with van der Waals surface area (Å²) >= 11 is 0. The Hall–Kier alpha value is -0.900. The van der Waals surface area contributed by atoms with E-state index in [9.17, 15) is 0 Å². The van der Waals surface area contributed by atoms with Gasteiger partial charge in [0, 0.05) is 12.6 Å². The maximum absolute atomic E-state index is 5.52. The van der Waals surface area contributed by atoms with Gasteiger partial charge in [0.15, 0.2) is 0 Å². The van der Waals surface area contributed by atoms with Crippen molar-refractivity contribution in [2.75, 3.05) is 6.54 Å². The van der Waals surface area contributed by atoms with Crippen LogP contribution in [-0.4, -0.2) is 12.6 Å². The summed E-state index contributed by atoms with van der Waals surface area (Å²) in [6, 6.07) is 10.3. The molecule has 0 amide bonds. The van der Waals surface area contributed by atoms with Crippen LogP contribution in [0.4, 0.5) is 0 Å². The Balaban J connectivity index is 2.21. The quantitative estimate of drug-likeness (QED) is 0.674. The van der Waals surface area contributed by atoms with Crippen molar-refractivity contribution in [3.05, 3.63) is 35.9 Å². The van der Waals surface area contributed by atoms with Crippen molar-refractivity contribution in [3.63, 3.8) is 0 Å². The van der Waals surface area contributed by atoms with E-state index in [0.717, 1.165) is 12.0 Å². The number of hydrogen-bond donors (Lipinski definition) is 2. The lowest BCUT2D eigenvalue weighted by Gasteiger charge is -2.14. The number of rotatable bonds is 6. The van der Waals surface area contributed by atoms with Gasteiger partial charge >= 0.3 is 0 Å². The molecular weight excluding hydrogens is 176 g/mol. The molecule has 0 saturated carbocycles. The third-order valence-electron chi connectivity index (χ3n) is 2.11. The molecule has 0 saturated heterocycles. The number of benzene rings is 1. The lowest BCUT2D eigenvalue weighted by Crippen LogP contribution is -2.35. The second-order valence-corrected chi connectivity index (χ2v) is 3.23. The average molecular weight is 194 g/mol. The molecule has 0 aliphatic rings. The van der Waals surface area contributed by atoms with E-state index in [1.54, 1.807) is 0 Å². The van der Waals surface area contributed by atoms with Crippen LogP contribution in [0.2, 0.25) is 0 Å². The maximum atomic E-state index is 5.52. The van der Waals surface area contributed by atoms with Crippen LogP contribution in [-0.2, 0) is 11.4 Å². The third kappa shape index (κ3) is 3.87. The van der Waals surface area contributed by atoms with Crippen LogP contribution < -0.4 is 11.2 Å². The summed E-state index contributed by atoms with van der Waals surface area (Å²) in [5.41, 5.74) is 9.62. The van der Waals surface area contributed by atoms with E-state index >= 15 is 0 Å². The van der Waals surface area contributed by atoms with Crippen LogP contribution in [0.3, 0.4) is 0 Å². The summed E-state index contributed by atoms with van der Waals surface area (Å²) < 4.78 is 0. The van der Waals surface area contributed by atoms with Crippen molar-refractivity contribution in [3.8, 4) is 0 Å². The highest BCUT2D eigenvalue weighted by Gasteiger charge is 2.01. The molecule has 78 valence electrons. The first-order valence-corrected chi connectivity index (χ1v) is 4.98. The lowest BCUT2D eigenvalue weighted by atomic mass is 10.2. The highest BCUT2D eigenvalue weighted by atomic mass is 16.6. The van der Waals surface area contributed by atoms with E-state index in [1.165, 1.54) is 0 Å². The molecule has 0 fully saturated rings. The van der Waals surface area contributed by atoms with Gasteiger partial charge in [-0.1, -0.05) is 37.3 Å². The zero-order valence-electron chi connectivity index (χ0n) is 8.57. The minimum atomic E-state index is 0.249. The van der Waals surface area contributed by atoms with Crippen LogP contribution >= 0.6 is 0 Å². The fourth-order valence-electron chi connectivity index (χ4n) is 1.12. The van der Waals surface area contributed by atoms with Crippen LogP contribution in [0.5, 0.6) is 0 Å². The molecule has 1 aromatic carbocycles. The molecule has 1 rings (SSSR count). The molecule has 14 heavy (non-hydrogen) atoms. The largest absolute Gasteiger partial charge is 0.329 e. The van der Waals surface area contributed by atoms with Crippen molar-refractivity contribution >= 4 is 0 Å². The summed E-state index contributed by atoms with van der Waals surface area (Å²) in [4.78, 5) is 5.33. The van der Waals surface area contributed by atoms with Gasteiger partial charge < -0.3 is 5.73 Å². The van der Waals surface area contributed by atoms with Gasteiger partial charge in [0.25, 0.3) is 0 Å². The Kier molecular flexibility index (Phi) is 5.22. The smallest absolute Gasteiger partial charge is 0.0933 e. The van der Waals surface area contributed by atoms with Gasteiger partial charge in [-0.25, -0.2) is 0 Å². The third-order valence-corrected chi connectivity index (χ3v) is 2.11. The predicted molar refractivity (Wildman–Crippen MR) is 57.5 cm³/mol. The molecule has 1 aromatic rings. The van der Waals surface area contributed by atoms with Crippen molar-refractivity contribution in [1.29, 1.82) is 0 Å². The summed E-state index contributed by atoms with van der Waals surface area (Å²) in [5, 5.41) is 0. The second kappa shape index (κ2) is 6.54. The summed E-state index contributed by atoms with van der Waals surface area (Å²) in [7, 11) is 0. The normalized spacial score (nSPS) is 12.7. The number of nitrogens with two attached hydrogens (primary N) is 1. The summed E-state index contributed by atoms with van der Waals surface area (Å²) in [6.07, 6.45) is 0.977. The van der Waals surface area contributed by atoms with Crippen LogP contribution in [0, 0.1) is 0 Å². The van der Waals surface area contributed by atoms with E-state index in [0.29, 0.717) is 13.2 Å². The van der Waals surface area contributed by atoms with Gasteiger partial charge in [0.05, 0.1) is 6.61 Å². The second-order valence-electron chi connectivity index (χ2n) is 3.23. The molecule has 0 aromatic heterocycles. The first-order chi connectivity index (χ1) is 6.86. The van der Waals surface area contributed by atoms with Gasteiger partial charge in [-0.2, -0.15) is 5.48 Å². The van der Waals surface area contributed by atoms with E-state index in [1.807, 2.05) is 30.3 Å². The van der Waals surface area contributed by atoms with Gasteiger partial charge in [0.2, 0.25) is 0 Å². The SMILES string of the molecule is CC[C@H](CN)NOCc1ccccc1. The van der Waals surface area contributed by atoms with E-state index < -0.39 is 0 Å². The van der Waals surface area contributed by atoms with Crippen LogP contribution in [0.25, 0.3) is 0 Å².